The van der Waals surface area contributed by atoms with Crippen molar-refractivity contribution in [1.82, 2.24) is 5.32 Å². The van der Waals surface area contributed by atoms with Gasteiger partial charge in [-0.15, -0.1) is 6.42 Å². The summed E-state index contributed by atoms with van der Waals surface area (Å²) in [4.78, 5) is 0. The third-order valence-electron chi connectivity index (χ3n) is 3.19. The molecule has 1 fully saturated rings. The van der Waals surface area contributed by atoms with Crippen LogP contribution in [0.4, 0.5) is 0 Å². The van der Waals surface area contributed by atoms with Crippen molar-refractivity contribution in [2.24, 2.45) is 11.8 Å². The summed E-state index contributed by atoms with van der Waals surface area (Å²) < 4.78 is 5.74. The number of nitrogens with one attached hydrogen (secondary N) is 1. The highest BCUT2D eigenvalue weighted by atomic mass is 16.5. The van der Waals surface area contributed by atoms with Crippen molar-refractivity contribution < 1.29 is 4.74 Å². The molecule has 2 heteroatoms. The largest absolute Gasteiger partial charge is 0.375 e. The van der Waals surface area contributed by atoms with Gasteiger partial charge >= 0.3 is 0 Å². The second kappa shape index (κ2) is 4.13. The summed E-state index contributed by atoms with van der Waals surface area (Å²) in [6.45, 7) is 6.43. The third kappa shape index (κ3) is 1.87. The zero-order valence-electron chi connectivity index (χ0n) is 8.87. The van der Waals surface area contributed by atoms with E-state index in [0.29, 0.717) is 17.9 Å². The van der Waals surface area contributed by atoms with Gasteiger partial charge in [0.1, 0.15) is 0 Å². The maximum atomic E-state index is 5.74. The van der Waals surface area contributed by atoms with Crippen LogP contribution in [0.15, 0.2) is 0 Å². The van der Waals surface area contributed by atoms with Crippen LogP contribution in [0.25, 0.3) is 0 Å². The summed E-state index contributed by atoms with van der Waals surface area (Å²) in [5.74, 6) is 3.75. The lowest BCUT2D eigenvalue weighted by Gasteiger charge is -2.24. The molecule has 0 amide bonds. The van der Waals surface area contributed by atoms with Crippen LogP contribution in [0, 0.1) is 24.2 Å². The molecule has 0 radical (unpaired) electrons. The first kappa shape index (κ1) is 10.6. The molecule has 74 valence electrons. The van der Waals surface area contributed by atoms with E-state index in [1.165, 1.54) is 0 Å². The molecule has 1 heterocycles. The first-order valence-electron chi connectivity index (χ1n) is 4.90. The summed E-state index contributed by atoms with van der Waals surface area (Å²) >= 11 is 0. The minimum Gasteiger partial charge on any atom is -0.375 e. The molecule has 1 aliphatic rings. The molecule has 0 aromatic heterocycles. The van der Waals surface area contributed by atoms with Crippen molar-refractivity contribution in [3.63, 3.8) is 0 Å². The monoisotopic (exact) mass is 181 g/mol. The average Bonchev–Trinajstić information content (AvgIpc) is 2.34. The SMILES string of the molecule is C#CC(NC)C1C(C)OC(C)C1C. The molecule has 1 aliphatic heterocycles. The molecule has 0 spiro atoms. The topological polar surface area (TPSA) is 21.3 Å². The van der Waals surface area contributed by atoms with Gasteiger partial charge in [0.05, 0.1) is 18.2 Å². The van der Waals surface area contributed by atoms with Gasteiger partial charge in [0.25, 0.3) is 0 Å². The molecule has 0 aliphatic carbocycles. The number of ether oxygens (including phenoxy) is 1. The summed E-state index contributed by atoms with van der Waals surface area (Å²) in [5.41, 5.74) is 0. The van der Waals surface area contributed by atoms with Gasteiger partial charge < -0.3 is 10.1 Å². The average molecular weight is 181 g/mol. The van der Waals surface area contributed by atoms with Crippen molar-refractivity contribution in [2.75, 3.05) is 7.05 Å². The van der Waals surface area contributed by atoms with E-state index in [9.17, 15) is 0 Å². The molecule has 13 heavy (non-hydrogen) atoms. The molecular weight excluding hydrogens is 162 g/mol. The van der Waals surface area contributed by atoms with Crippen LogP contribution in [0.5, 0.6) is 0 Å². The Morgan fingerprint density at radius 1 is 1.31 bits per heavy atom. The fraction of sp³-hybridized carbons (Fsp3) is 0.818. The van der Waals surface area contributed by atoms with Gasteiger partial charge in [0.2, 0.25) is 0 Å². The van der Waals surface area contributed by atoms with Gasteiger partial charge in [0, 0.05) is 5.92 Å². The molecule has 1 N–H and O–H groups in total. The Bertz CT molecular complexity index is 209. The standard InChI is InChI=1S/C11H19NO/c1-6-10(12-5)11-7(2)8(3)13-9(11)4/h1,7-12H,2-5H3. The van der Waals surface area contributed by atoms with E-state index < -0.39 is 0 Å². The molecule has 0 aromatic rings. The van der Waals surface area contributed by atoms with Crippen LogP contribution in [0.2, 0.25) is 0 Å². The fourth-order valence-corrected chi connectivity index (χ4v) is 2.26. The number of hydrogen-bond acceptors (Lipinski definition) is 2. The van der Waals surface area contributed by atoms with Crippen molar-refractivity contribution in [3.8, 4) is 12.3 Å². The zero-order valence-corrected chi connectivity index (χ0v) is 8.87. The van der Waals surface area contributed by atoms with Gasteiger partial charge in [-0.2, -0.15) is 0 Å². The Balaban J connectivity index is 2.73. The van der Waals surface area contributed by atoms with Gasteiger partial charge in [-0.1, -0.05) is 12.8 Å². The predicted octanol–water partition coefficient (Wildman–Crippen LogP) is 1.27. The van der Waals surface area contributed by atoms with Gasteiger partial charge in [-0.05, 0) is 26.8 Å². The minimum atomic E-state index is 0.134. The second-order valence-electron chi connectivity index (χ2n) is 3.92. The smallest absolute Gasteiger partial charge is 0.0741 e. The van der Waals surface area contributed by atoms with Gasteiger partial charge in [-0.25, -0.2) is 0 Å². The molecule has 2 nitrogen and oxygen atoms in total. The normalized spacial score (nSPS) is 41.5. The Morgan fingerprint density at radius 2 is 1.92 bits per heavy atom. The maximum Gasteiger partial charge on any atom is 0.0741 e. The van der Waals surface area contributed by atoms with Crippen molar-refractivity contribution >= 4 is 0 Å². The van der Waals surface area contributed by atoms with Gasteiger partial charge in [-0.3, -0.25) is 0 Å². The number of terminal acetylenes is 1. The Hall–Kier alpha value is -0.520. The molecule has 0 aromatic carbocycles. The van der Waals surface area contributed by atoms with Gasteiger partial charge in [0.15, 0.2) is 0 Å². The fourth-order valence-electron chi connectivity index (χ4n) is 2.26. The van der Waals surface area contributed by atoms with E-state index in [1.807, 2.05) is 7.05 Å². The van der Waals surface area contributed by atoms with Crippen LogP contribution < -0.4 is 5.32 Å². The molecule has 5 atom stereocenters. The summed E-state index contributed by atoms with van der Waals surface area (Å²) in [6.07, 6.45) is 6.05. The highest BCUT2D eigenvalue weighted by molar-refractivity contribution is 5.06. The maximum absolute atomic E-state index is 5.74. The molecule has 1 saturated heterocycles. The third-order valence-corrected chi connectivity index (χ3v) is 3.19. The van der Waals surface area contributed by atoms with Crippen molar-refractivity contribution in [2.45, 2.75) is 39.0 Å². The van der Waals surface area contributed by atoms with Crippen LogP contribution in [0.1, 0.15) is 20.8 Å². The molecule has 1 rings (SSSR count). The predicted molar refractivity (Wildman–Crippen MR) is 54.3 cm³/mol. The van der Waals surface area contributed by atoms with Crippen LogP contribution in [-0.2, 0) is 4.74 Å². The lowest BCUT2D eigenvalue weighted by molar-refractivity contribution is 0.0497. The van der Waals surface area contributed by atoms with Crippen molar-refractivity contribution in [3.05, 3.63) is 0 Å². The van der Waals surface area contributed by atoms with Crippen LogP contribution in [0.3, 0.4) is 0 Å². The Morgan fingerprint density at radius 3 is 2.23 bits per heavy atom. The quantitative estimate of drug-likeness (QED) is 0.648. The van der Waals surface area contributed by atoms with E-state index in [2.05, 4.69) is 32.0 Å². The number of hydrogen-bond donors (Lipinski definition) is 1. The highest BCUT2D eigenvalue weighted by Crippen LogP contribution is 2.34. The van der Waals surface area contributed by atoms with E-state index >= 15 is 0 Å². The second-order valence-corrected chi connectivity index (χ2v) is 3.92. The van der Waals surface area contributed by atoms with E-state index in [0.717, 1.165) is 0 Å². The molecule has 0 saturated carbocycles. The molecule has 0 bridgehead atoms. The first-order valence-corrected chi connectivity index (χ1v) is 4.90. The molecule has 5 unspecified atom stereocenters. The van der Waals surface area contributed by atoms with E-state index in [4.69, 9.17) is 11.2 Å². The van der Waals surface area contributed by atoms with Crippen LogP contribution in [-0.4, -0.2) is 25.3 Å². The zero-order chi connectivity index (χ0) is 10.0. The lowest BCUT2D eigenvalue weighted by Crippen LogP contribution is -2.38. The van der Waals surface area contributed by atoms with E-state index in [-0.39, 0.29) is 12.1 Å². The Labute approximate surface area is 81.0 Å². The first-order chi connectivity index (χ1) is 6.11. The van der Waals surface area contributed by atoms with E-state index in [1.54, 1.807) is 0 Å². The summed E-state index contributed by atoms with van der Waals surface area (Å²) in [7, 11) is 1.91. The summed E-state index contributed by atoms with van der Waals surface area (Å²) in [5, 5.41) is 3.16. The highest BCUT2D eigenvalue weighted by Gasteiger charge is 2.40. The molecular formula is C11H19NO. The number of rotatable bonds is 2. The summed E-state index contributed by atoms with van der Waals surface area (Å²) in [6, 6.07) is 0.134. The van der Waals surface area contributed by atoms with Crippen LogP contribution >= 0.6 is 0 Å². The lowest BCUT2D eigenvalue weighted by atomic mass is 9.84. The minimum absolute atomic E-state index is 0.134. The van der Waals surface area contributed by atoms with Crippen molar-refractivity contribution in [1.29, 1.82) is 0 Å². The Kier molecular flexibility index (Phi) is 3.35.